The third-order valence-electron chi connectivity index (χ3n) is 2.62. The first-order valence-electron chi connectivity index (χ1n) is 6.09. The maximum atomic E-state index is 13.4. The van der Waals surface area contributed by atoms with Gasteiger partial charge in [0.1, 0.15) is 5.82 Å². The third kappa shape index (κ3) is 4.45. The molecule has 1 N–H and O–H groups in total. The minimum atomic E-state index is -0.301. The molecule has 3 nitrogen and oxygen atoms in total. The molecule has 0 fully saturated rings. The van der Waals surface area contributed by atoms with E-state index in [4.69, 9.17) is 4.74 Å². The summed E-state index contributed by atoms with van der Waals surface area (Å²) in [5.41, 5.74) is 1.43. The standard InChI is InChI=1S/C14H20FNO2/c1-9(2)18-14(17)8-16-11(4)12-6-5-10(3)13(15)7-12/h5-7,9,11,16H,8H2,1-4H3. The van der Waals surface area contributed by atoms with Crippen molar-refractivity contribution in [2.45, 2.75) is 39.8 Å². The van der Waals surface area contributed by atoms with Gasteiger partial charge >= 0.3 is 5.97 Å². The van der Waals surface area contributed by atoms with Gasteiger partial charge in [-0.15, -0.1) is 0 Å². The van der Waals surface area contributed by atoms with Crippen LogP contribution in [0.3, 0.4) is 0 Å². The Kier molecular flexibility index (Phi) is 5.28. The first kappa shape index (κ1) is 14.6. The van der Waals surface area contributed by atoms with E-state index in [1.54, 1.807) is 26.8 Å². The molecule has 0 bridgehead atoms. The van der Waals surface area contributed by atoms with Crippen molar-refractivity contribution in [1.29, 1.82) is 0 Å². The molecule has 0 heterocycles. The monoisotopic (exact) mass is 253 g/mol. The van der Waals surface area contributed by atoms with E-state index in [0.29, 0.717) is 5.56 Å². The van der Waals surface area contributed by atoms with Crippen LogP contribution in [0.4, 0.5) is 4.39 Å². The summed E-state index contributed by atoms with van der Waals surface area (Å²) in [6, 6.07) is 4.97. The summed E-state index contributed by atoms with van der Waals surface area (Å²) in [4.78, 5) is 11.4. The van der Waals surface area contributed by atoms with Gasteiger partial charge in [0.15, 0.2) is 0 Å². The smallest absolute Gasteiger partial charge is 0.320 e. The van der Waals surface area contributed by atoms with E-state index in [1.165, 1.54) is 6.07 Å². The van der Waals surface area contributed by atoms with Gasteiger partial charge in [-0.25, -0.2) is 4.39 Å². The zero-order chi connectivity index (χ0) is 13.7. The van der Waals surface area contributed by atoms with Gasteiger partial charge in [0.25, 0.3) is 0 Å². The highest BCUT2D eigenvalue weighted by Gasteiger charge is 2.10. The highest BCUT2D eigenvalue weighted by molar-refractivity contribution is 5.71. The average Bonchev–Trinajstić information content (AvgIpc) is 2.28. The molecule has 1 atom stereocenters. The number of nitrogens with one attached hydrogen (secondary N) is 1. The molecular weight excluding hydrogens is 233 g/mol. The molecule has 18 heavy (non-hydrogen) atoms. The lowest BCUT2D eigenvalue weighted by Gasteiger charge is -2.15. The quantitative estimate of drug-likeness (QED) is 0.820. The molecular formula is C14H20FNO2. The molecule has 0 aliphatic heterocycles. The van der Waals surface area contributed by atoms with Gasteiger partial charge < -0.3 is 10.1 Å². The van der Waals surface area contributed by atoms with Gasteiger partial charge in [0.2, 0.25) is 0 Å². The van der Waals surface area contributed by atoms with Crippen molar-refractivity contribution in [3.63, 3.8) is 0 Å². The Morgan fingerprint density at radius 3 is 2.61 bits per heavy atom. The Morgan fingerprint density at radius 2 is 2.06 bits per heavy atom. The molecule has 0 amide bonds. The second-order valence-corrected chi connectivity index (χ2v) is 4.65. The van der Waals surface area contributed by atoms with Crippen molar-refractivity contribution in [2.24, 2.45) is 0 Å². The fraction of sp³-hybridized carbons (Fsp3) is 0.500. The molecule has 0 aromatic heterocycles. The predicted octanol–water partition coefficient (Wildman–Crippen LogP) is 2.74. The lowest BCUT2D eigenvalue weighted by atomic mass is 10.1. The van der Waals surface area contributed by atoms with Gasteiger partial charge in [-0.1, -0.05) is 12.1 Å². The van der Waals surface area contributed by atoms with Crippen molar-refractivity contribution < 1.29 is 13.9 Å². The van der Waals surface area contributed by atoms with Crippen LogP contribution in [0.25, 0.3) is 0 Å². The largest absolute Gasteiger partial charge is 0.462 e. The van der Waals surface area contributed by atoms with E-state index in [0.717, 1.165) is 5.56 Å². The Bertz CT molecular complexity index is 418. The van der Waals surface area contributed by atoms with Crippen molar-refractivity contribution in [2.75, 3.05) is 6.54 Å². The number of halogens is 1. The van der Waals surface area contributed by atoms with Gasteiger partial charge in [-0.2, -0.15) is 0 Å². The predicted molar refractivity (Wildman–Crippen MR) is 68.8 cm³/mol. The maximum absolute atomic E-state index is 13.4. The molecule has 0 saturated heterocycles. The Hall–Kier alpha value is -1.42. The highest BCUT2D eigenvalue weighted by Crippen LogP contribution is 2.15. The van der Waals surface area contributed by atoms with Crippen LogP contribution in [-0.4, -0.2) is 18.6 Å². The van der Waals surface area contributed by atoms with E-state index in [2.05, 4.69) is 5.32 Å². The molecule has 4 heteroatoms. The number of esters is 1. The Morgan fingerprint density at radius 1 is 1.39 bits per heavy atom. The Balaban J connectivity index is 2.52. The van der Waals surface area contributed by atoms with Crippen LogP contribution >= 0.6 is 0 Å². The lowest BCUT2D eigenvalue weighted by molar-refractivity contribution is -0.146. The van der Waals surface area contributed by atoms with Crippen molar-refractivity contribution in [1.82, 2.24) is 5.32 Å². The van der Waals surface area contributed by atoms with E-state index < -0.39 is 0 Å². The summed E-state index contributed by atoms with van der Waals surface area (Å²) in [6.45, 7) is 7.33. The highest BCUT2D eigenvalue weighted by atomic mass is 19.1. The van der Waals surface area contributed by atoms with E-state index in [-0.39, 0.29) is 30.5 Å². The normalized spacial score (nSPS) is 12.6. The molecule has 0 aliphatic rings. The topological polar surface area (TPSA) is 38.3 Å². The van der Waals surface area contributed by atoms with Gasteiger partial charge in [-0.3, -0.25) is 4.79 Å². The van der Waals surface area contributed by atoms with Crippen LogP contribution in [0, 0.1) is 12.7 Å². The minimum Gasteiger partial charge on any atom is -0.462 e. The van der Waals surface area contributed by atoms with E-state index in [9.17, 15) is 9.18 Å². The van der Waals surface area contributed by atoms with Crippen molar-refractivity contribution in [3.8, 4) is 0 Å². The SMILES string of the molecule is Cc1ccc(C(C)NCC(=O)OC(C)C)cc1F. The molecule has 0 radical (unpaired) electrons. The number of rotatable bonds is 5. The maximum Gasteiger partial charge on any atom is 0.320 e. The van der Waals surface area contributed by atoms with Crippen LogP contribution in [0.15, 0.2) is 18.2 Å². The first-order chi connectivity index (χ1) is 8.40. The zero-order valence-corrected chi connectivity index (χ0v) is 11.3. The molecule has 1 aromatic carbocycles. The van der Waals surface area contributed by atoms with Crippen LogP contribution in [0.5, 0.6) is 0 Å². The van der Waals surface area contributed by atoms with Crippen molar-refractivity contribution in [3.05, 3.63) is 35.1 Å². The molecule has 0 spiro atoms. The summed E-state index contributed by atoms with van der Waals surface area (Å²) >= 11 is 0. The molecule has 100 valence electrons. The van der Waals surface area contributed by atoms with Crippen molar-refractivity contribution >= 4 is 5.97 Å². The number of carbonyl (C=O) groups is 1. The fourth-order valence-electron chi connectivity index (χ4n) is 1.54. The van der Waals surface area contributed by atoms with E-state index >= 15 is 0 Å². The number of hydrogen-bond acceptors (Lipinski definition) is 3. The fourth-order valence-corrected chi connectivity index (χ4v) is 1.54. The summed E-state index contributed by atoms with van der Waals surface area (Å²) in [6.07, 6.45) is -0.119. The number of hydrogen-bond donors (Lipinski definition) is 1. The Labute approximate surface area is 107 Å². The minimum absolute atomic E-state index is 0.0974. The zero-order valence-electron chi connectivity index (χ0n) is 11.3. The van der Waals surface area contributed by atoms with Crippen LogP contribution in [-0.2, 0) is 9.53 Å². The number of ether oxygens (including phenoxy) is 1. The third-order valence-corrected chi connectivity index (χ3v) is 2.62. The number of benzene rings is 1. The molecule has 0 aliphatic carbocycles. The van der Waals surface area contributed by atoms with Gasteiger partial charge in [-0.05, 0) is 44.9 Å². The summed E-state index contributed by atoms with van der Waals surface area (Å²) < 4.78 is 18.4. The molecule has 1 unspecified atom stereocenters. The van der Waals surface area contributed by atoms with Crippen LogP contribution in [0.2, 0.25) is 0 Å². The van der Waals surface area contributed by atoms with Crippen LogP contribution < -0.4 is 5.32 Å². The molecule has 0 saturated carbocycles. The summed E-state index contributed by atoms with van der Waals surface area (Å²) in [7, 11) is 0. The average molecular weight is 253 g/mol. The second-order valence-electron chi connectivity index (χ2n) is 4.65. The lowest BCUT2D eigenvalue weighted by Crippen LogP contribution is -2.28. The second kappa shape index (κ2) is 6.50. The van der Waals surface area contributed by atoms with Gasteiger partial charge in [0, 0.05) is 6.04 Å². The first-order valence-corrected chi connectivity index (χ1v) is 6.09. The van der Waals surface area contributed by atoms with Gasteiger partial charge in [0.05, 0.1) is 12.6 Å². The molecule has 1 rings (SSSR count). The number of aryl methyl sites for hydroxylation is 1. The van der Waals surface area contributed by atoms with E-state index in [1.807, 2.05) is 13.0 Å². The number of carbonyl (C=O) groups excluding carboxylic acids is 1. The molecule has 1 aromatic rings. The van der Waals surface area contributed by atoms with Crippen LogP contribution in [0.1, 0.15) is 37.9 Å². The summed E-state index contributed by atoms with van der Waals surface area (Å²) in [5, 5.41) is 3.01. The summed E-state index contributed by atoms with van der Waals surface area (Å²) in [5.74, 6) is -0.532.